The number of nitrogens with zero attached hydrogens (tertiary/aromatic N) is 3. The van der Waals surface area contributed by atoms with Gasteiger partial charge in [-0.3, -0.25) is 9.18 Å². The molecule has 1 rings (SSSR count). The van der Waals surface area contributed by atoms with Crippen LogP contribution >= 0.6 is 0 Å². The Labute approximate surface area is 121 Å². The molecule has 0 fully saturated rings. The van der Waals surface area contributed by atoms with Crippen LogP contribution in [0.5, 0.6) is 0 Å². The first-order valence-corrected chi connectivity index (χ1v) is 6.80. The van der Waals surface area contributed by atoms with E-state index in [1.807, 2.05) is 0 Å². The number of aromatic nitrogens is 3. The molecule has 0 radical (unpaired) electrons. The Kier molecular flexibility index (Phi) is 7.77. The van der Waals surface area contributed by atoms with Gasteiger partial charge in [-0.1, -0.05) is 5.21 Å². The summed E-state index contributed by atoms with van der Waals surface area (Å²) in [6.07, 6.45) is 2.83. The minimum atomic E-state index is -1.05. The van der Waals surface area contributed by atoms with Crippen molar-refractivity contribution in [2.24, 2.45) is 0 Å². The van der Waals surface area contributed by atoms with E-state index in [2.05, 4.69) is 20.9 Å². The number of carboxylic acid groups (broad SMARTS) is 1. The van der Waals surface area contributed by atoms with Gasteiger partial charge in [0.25, 0.3) is 0 Å². The number of halogens is 1. The van der Waals surface area contributed by atoms with Crippen molar-refractivity contribution in [1.82, 2.24) is 25.6 Å². The minimum Gasteiger partial charge on any atom is -0.465 e. The second-order valence-corrected chi connectivity index (χ2v) is 4.49. The molecule has 0 saturated heterocycles. The number of alkyl halides is 1. The number of hydrogen-bond acceptors (Lipinski definition) is 4. The van der Waals surface area contributed by atoms with E-state index in [4.69, 9.17) is 5.11 Å². The van der Waals surface area contributed by atoms with Crippen LogP contribution in [0.3, 0.4) is 0 Å². The minimum absolute atomic E-state index is 0.0655. The smallest absolute Gasteiger partial charge is 0.404 e. The van der Waals surface area contributed by atoms with Crippen LogP contribution < -0.4 is 10.6 Å². The summed E-state index contributed by atoms with van der Waals surface area (Å²) in [5.74, 6) is -0.192. The van der Waals surface area contributed by atoms with Crippen molar-refractivity contribution in [3.63, 3.8) is 0 Å². The van der Waals surface area contributed by atoms with E-state index in [1.165, 1.54) is 4.68 Å². The Morgan fingerprint density at radius 2 is 1.95 bits per heavy atom. The lowest BCUT2D eigenvalue weighted by molar-refractivity contribution is -0.121. The maximum atomic E-state index is 12.0. The number of aryl methyl sites for hydroxylation is 1. The van der Waals surface area contributed by atoms with Crippen molar-refractivity contribution >= 4 is 12.0 Å². The van der Waals surface area contributed by atoms with Gasteiger partial charge in [0.1, 0.15) is 6.54 Å². The van der Waals surface area contributed by atoms with Crippen LogP contribution in [0.15, 0.2) is 6.20 Å². The first-order chi connectivity index (χ1) is 10.1. The van der Waals surface area contributed by atoms with E-state index >= 15 is 0 Å². The summed E-state index contributed by atoms with van der Waals surface area (Å²) in [5, 5.41) is 21.0. The molecule has 0 aliphatic heterocycles. The molecule has 3 N–H and O–H groups in total. The van der Waals surface area contributed by atoms with Gasteiger partial charge in [0.2, 0.25) is 5.91 Å². The van der Waals surface area contributed by atoms with Crippen LogP contribution in [-0.4, -0.2) is 51.9 Å². The van der Waals surface area contributed by atoms with Gasteiger partial charge in [0.05, 0.1) is 12.4 Å². The normalized spacial score (nSPS) is 10.3. The summed E-state index contributed by atoms with van der Waals surface area (Å²) in [5.41, 5.74) is 0.667. The highest BCUT2D eigenvalue weighted by Gasteiger charge is 2.05. The van der Waals surface area contributed by atoms with Gasteiger partial charge in [0.15, 0.2) is 0 Å². The zero-order valence-electron chi connectivity index (χ0n) is 11.7. The maximum absolute atomic E-state index is 12.0. The zero-order valence-corrected chi connectivity index (χ0v) is 11.7. The number of carbonyl (C=O) groups is 2. The number of carbonyl (C=O) groups excluding carboxylic acids is 1. The van der Waals surface area contributed by atoms with E-state index in [0.29, 0.717) is 44.5 Å². The molecular formula is C12H20FN5O3. The lowest BCUT2D eigenvalue weighted by atomic mass is 10.3. The molecule has 0 aliphatic carbocycles. The molecule has 21 heavy (non-hydrogen) atoms. The van der Waals surface area contributed by atoms with E-state index in [1.54, 1.807) is 6.20 Å². The molecule has 0 bridgehead atoms. The lowest BCUT2D eigenvalue weighted by Crippen LogP contribution is -2.29. The van der Waals surface area contributed by atoms with E-state index in [-0.39, 0.29) is 12.5 Å². The fourth-order valence-corrected chi connectivity index (χ4v) is 1.65. The molecule has 0 spiro atoms. The van der Waals surface area contributed by atoms with Gasteiger partial charge < -0.3 is 15.7 Å². The van der Waals surface area contributed by atoms with E-state index in [0.717, 1.165) is 0 Å². The van der Waals surface area contributed by atoms with Gasteiger partial charge >= 0.3 is 6.09 Å². The molecule has 0 unspecified atom stereocenters. The summed E-state index contributed by atoms with van der Waals surface area (Å²) in [4.78, 5) is 21.8. The van der Waals surface area contributed by atoms with Crippen LogP contribution in [-0.2, 0) is 17.8 Å². The third-order valence-corrected chi connectivity index (χ3v) is 2.66. The van der Waals surface area contributed by atoms with Crippen molar-refractivity contribution in [2.75, 3.05) is 19.8 Å². The second kappa shape index (κ2) is 9.67. The third-order valence-electron chi connectivity index (χ3n) is 2.66. The van der Waals surface area contributed by atoms with Crippen LogP contribution in [0.4, 0.5) is 9.18 Å². The molecule has 1 aromatic rings. The van der Waals surface area contributed by atoms with Crippen molar-refractivity contribution in [3.05, 3.63) is 11.9 Å². The number of nitrogens with one attached hydrogen (secondary N) is 2. The standard InChI is InChI=1S/C12H20FN5O3/c13-5-3-4-10-8-18(17-16-10)9-11(19)14-6-1-2-7-15-12(20)21/h8,15H,1-7,9H2,(H,14,19)(H,20,21). The summed E-state index contributed by atoms with van der Waals surface area (Å²) in [6.45, 7) is 0.510. The second-order valence-electron chi connectivity index (χ2n) is 4.49. The fourth-order valence-electron chi connectivity index (χ4n) is 1.65. The Bertz CT molecular complexity index is 452. The van der Waals surface area contributed by atoms with Crippen LogP contribution in [0.1, 0.15) is 25.0 Å². The monoisotopic (exact) mass is 301 g/mol. The van der Waals surface area contributed by atoms with Crippen LogP contribution in [0, 0.1) is 0 Å². The Morgan fingerprint density at radius 3 is 2.62 bits per heavy atom. The number of rotatable bonds is 10. The Hall–Kier alpha value is -2.19. The molecule has 0 atom stereocenters. The van der Waals surface area contributed by atoms with Gasteiger partial charge in [-0.25, -0.2) is 9.48 Å². The molecule has 118 valence electrons. The van der Waals surface area contributed by atoms with Crippen molar-refractivity contribution in [1.29, 1.82) is 0 Å². The summed E-state index contributed by atoms with van der Waals surface area (Å²) in [6, 6.07) is 0. The fraction of sp³-hybridized carbons (Fsp3) is 0.667. The topological polar surface area (TPSA) is 109 Å². The van der Waals surface area contributed by atoms with Crippen molar-refractivity contribution in [2.45, 2.75) is 32.2 Å². The molecule has 0 aliphatic rings. The summed E-state index contributed by atoms with van der Waals surface area (Å²) < 4.78 is 13.4. The molecule has 9 heteroatoms. The molecule has 8 nitrogen and oxygen atoms in total. The van der Waals surface area contributed by atoms with Gasteiger partial charge in [-0.15, -0.1) is 5.10 Å². The average molecular weight is 301 g/mol. The van der Waals surface area contributed by atoms with Crippen molar-refractivity contribution < 1.29 is 19.1 Å². The zero-order chi connectivity index (χ0) is 15.5. The van der Waals surface area contributed by atoms with Crippen molar-refractivity contribution in [3.8, 4) is 0 Å². The highest BCUT2D eigenvalue weighted by Crippen LogP contribution is 1.98. The van der Waals surface area contributed by atoms with Crippen LogP contribution in [0.25, 0.3) is 0 Å². The summed E-state index contributed by atoms with van der Waals surface area (Å²) in [7, 11) is 0. The van der Waals surface area contributed by atoms with E-state index < -0.39 is 12.8 Å². The van der Waals surface area contributed by atoms with Gasteiger partial charge in [-0.05, 0) is 25.7 Å². The van der Waals surface area contributed by atoms with Gasteiger partial charge in [-0.2, -0.15) is 0 Å². The molecule has 1 aromatic heterocycles. The predicted molar refractivity (Wildman–Crippen MR) is 72.6 cm³/mol. The first kappa shape index (κ1) is 16.9. The number of unbranched alkanes of at least 4 members (excludes halogenated alkanes) is 1. The summed E-state index contributed by atoms with van der Waals surface area (Å²) >= 11 is 0. The quantitative estimate of drug-likeness (QED) is 0.540. The number of hydrogen-bond donors (Lipinski definition) is 3. The third kappa shape index (κ3) is 7.85. The highest BCUT2D eigenvalue weighted by molar-refractivity contribution is 5.75. The Balaban J connectivity index is 2.12. The maximum Gasteiger partial charge on any atom is 0.404 e. The highest BCUT2D eigenvalue weighted by atomic mass is 19.1. The predicted octanol–water partition coefficient (Wildman–Crippen LogP) is 0.344. The lowest BCUT2D eigenvalue weighted by Gasteiger charge is -2.05. The molecule has 2 amide bonds. The van der Waals surface area contributed by atoms with Gasteiger partial charge in [0, 0.05) is 19.3 Å². The molecular weight excluding hydrogens is 281 g/mol. The largest absolute Gasteiger partial charge is 0.465 e. The molecule has 1 heterocycles. The average Bonchev–Trinajstić information content (AvgIpc) is 2.87. The molecule has 0 aromatic carbocycles. The Morgan fingerprint density at radius 1 is 1.24 bits per heavy atom. The SMILES string of the molecule is O=C(O)NCCCCNC(=O)Cn1cc(CCCF)nn1. The van der Waals surface area contributed by atoms with Crippen LogP contribution in [0.2, 0.25) is 0 Å². The van der Waals surface area contributed by atoms with E-state index in [9.17, 15) is 14.0 Å². The first-order valence-electron chi connectivity index (χ1n) is 6.80. The molecule has 0 saturated carbocycles. The number of amides is 2.